The number of carbonyl (C=O) groups is 1. The number of nitrogens with one attached hydrogen (secondary N) is 1. The predicted octanol–water partition coefficient (Wildman–Crippen LogP) is 15.5. The second kappa shape index (κ2) is 47.2. The molecule has 4 heteroatoms. The fourth-order valence-electron chi connectivity index (χ4n) is 7.03. The molecule has 0 spiro atoms. The summed E-state index contributed by atoms with van der Waals surface area (Å²) >= 11 is 0. The minimum atomic E-state index is -0.852. The van der Waals surface area contributed by atoms with E-state index in [0.29, 0.717) is 6.42 Å². The Labute approximate surface area is 349 Å². The first-order valence-corrected chi connectivity index (χ1v) is 24.2. The van der Waals surface area contributed by atoms with Crippen LogP contribution in [0, 0.1) is 0 Å². The molecule has 0 bridgehead atoms. The summed E-state index contributed by atoms with van der Waals surface area (Å²) in [4.78, 5) is 12.4. The van der Waals surface area contributed by atoms with Crippen molar-refractivity contribution in [1.29, 1.82) is 0 Å². The van der Waals surface area contributed by atoms with Crippen LogP contribution in [-0.2, 0) is 4.79 Å². The maximum atomic E-state index is 12.4. The molecule has 0 aromatic rings. The zero-order chi connectivity index (χ0) is 40.7. The van der Waals surface area contributed by atoms with Gasteiger partial charge in [0.2, 0.25) is 5.91 Å². The number of allylic oxidation sites excluding steroid dienone is 11. The van der Waals surface area contributed by atoms with Crippen molar-refractivity contribution in [3.05, 3.63) is 72.9 Å². The Kier molecular flexibility index (Phi) is 45.4. The maximum absolute atomic E-state index is 12.4. The van der Waals surface area contributed by atoms with Gasteiger partial charge in [-0.15, -0.1) is 0 Å². The summed E-state index contributed by atoms with van der Waals surface area (Å²) in [7, 11) is 0. The largest absolute Gasteiger partial charge is 0.394 e. The van der Waals surface area contributed by atoms with Crippen LogP contribution in [0.5, 0.6) is 0 Å². The third kappa shape index (κ3) is 43.0. The number of rotatable bonds is 43. The second-order valence-electron chi connectivity index (χ2n) is 16.1. The van der Waals surface area contributed by atoms with Gasteiger partial charge in [0, 0.05) is 6.42 Å². The van der Waals surface area contributed by atoms with E-state index in [1.54, 1.807) is 6.08 Å². The molecule has 0 saturated heterocycles. The zero-order valence-electron chi connectivity index (χ0n) is 37.1. The first kappa shape index (κ1) is 53.8. The minimum absolute atomic E-state index is 0.0837. The summed E-state index contributed by atoms with van der Waals surface area (Å²) in [6, 6.07) is -0.637. The van der Waals surface area contributed by atoms with Crippen LogP contribution in [-0.4, -0.2) is 34.9 Å². The van der Waals surface area contributed by atoms with E-state index < -0.39 is 12.1 Å². The third-order valence-corrected chi connectivity index (χ3v) is 10.7. The molecule has 324 valence electrons. The summed E-state index contributed by atoms with van der Waals surface area (Å²) in [6.07, 6.45) is 67.4. The molecule has 0 aromatic heterocycles. The smallest absolute Gasteiger partial charge is 0.220 e. The van der Waals surface area contributed by atoms with Gasteiger partial charge in [-0.1, -0.05) is 234 Å². The number of hydrogen-bond acceptors (Lipinski definition) is 3. The number of amides is 1. The molecule has 2 unspecified atom stereocenters. The van der Waals surface area contributed by atoms with E-state index in [-0.39, 0.29) is 12.5 Å². The van der Waals surface area contributed by atoms with Gasteiger partial charge >= 0.3 is 0 Å². The van der Waals surface area contributed by atoms with Crippen molar-refractivity contribution in [2.45, 2.75) is 244 Å². The Morgan fingerprint density at radius 2 is 0.786 bits per heavy atom. The molecule has 0 radical (unpaired) electrons. The lowest BCUT2D eigenvalue weighted by Crippen LogP contribution is -2.45. The molecule has 56 heavy (non-hydrogen) atoms. The molecule has 0 rings (SSSR count). The topological polar surface area (TPSA) is 69.6 Å². The molecular weight excluding hydrogens is 687 g/mol. The van der Waals surface area contributed by atoms with Crippen molar-refractivity contribution >= 4 is 5.91 Å². The molecule has 0 fully saturated rings. The quantitative estimate of drug-likeness (QED) is 0.0426. The molecule has 0 aliphatic heterocycles. The van der Waals surface area contributed by atoms with Crippen LogP contribution in [0.1, 0.15) is 232 Å². The summed E-state index contributed by atoms with van der Waals surface area (Å²) in [5.41, 5.74) is 0. The summed E-state index contributed by atoms with van der Waals surface area (Å²) in [5, 5.41) is 23.1. The lowest BCUT2D eigenvalue weighted by Gasteiger charge is -2.20. The van der Waals surface area contributed by atoms with Crippen LogP contribution >= 0.6 is 0 Å². The highest BCUT2D eigenvalue weighted by Crippen LogP contribution is 2.16. The van der Waals surface area contributed by atoms with Gasteiger partial charge in [0.25, 0.3) is 0 Å². The van der Waals surface area contributed by atoms with Crippen molar-refractivity contribution in [3.63, 3.8) is 0 Å². The predicted molar refractivity (Wildman–Crippen MR) is 248 cm³/mol. The second-order valence-corrected chi connectivity index (χ2v) is 16.1. The minimum Gasteiger partial charge on any atom is -0.394 e. The van der Waals surface area contributed by atoms with Crippen molar-refractivity contribution in [1.82, 2.24) is 5.32 Å². The highest BCUT2D eigenvalue weighted by atomic mass is 16.3. The summed E-state index contributed by atoms with van der Waals surface area (Å²) < 4.78 is 0. The summed E-state index contributed by atoms with van der Waals surface area (Å²) in [6.45, 7) is 4.19. The van der Waals surface area contributed by atoms with Crippen LogP contribution in [0.3, 0.4) is 0 Å². The fourth-order valence-corrected chi connectivity index (χ4v) is 7.03. The lowest BCUT2D eigenvalue weighted by atomic mass is 10.0. The monoisotopic (exact) mass is 780 g/mol. The van der Waals surface area contributed by atoms with Crippen LogP contribution < -0.4 is 5.32 Å². The van der Waals surface area contributed by atoms with E-state index in [0.717, 1.165) is 70.6 Å². The maximum Gasteiger partial charge on any atom is 0.220 e. The average Bonchev–Trinajstić information content (AvgIpc) is 3.20. The van der Waals surface area contributed by atoms with E-state index in [1.807, 2.05) is 6.08 Å². The standard InChI is InChI=1S/C52H93NO3/c1-3-5-7-9-11-13-15-17-19-21-23-25-26-28-29-31-33-35-37-39-41-43-45-47-51(55)50(49-54)53-52(56)48-46-44-42-40-38-36-34-32-30-27-24-22-20-18-16-14-12-10-8-6-4-2/h6,8,12,14,18,20,24,27,32,34,45,47,50-51,54-55H,3-5,7,9-11,13,15-17,19,21-23,25-26,28-31,33,35-44,46,48-49H2,1-2H3,(H,53,56)/b8-6-,14-12-,20-18-,27-24-,34-32-,47-45+. The molecule has 0 aliphatic carbocycles. The van der Waals surface area contributed by atoms with E-state index in [2.05, 4.69) is 79.9 Å². The average molecular weight is 780 g/mol. The van der Waals surface area contributed by atoms with Gasteiger partial charge in [-0.05, 0) is 64.2 Å². The molecule has 3 N–H and O–H groups in total. The number of unbranched alkanes of at least 4 members (excludes halogenated alkanes) is 26. The van der Waals surface area contributed by atoms with E-state index in [4.69, 9.17) is 0 Å². The van der Waals surface area contributed by atoms with Crippen LogP contribution in [0.2, 0.25) is 0 Å². The van der Waals surface area contributed by atoms with Crippen molar-refractivity contribution < 1.29 is 15.0 Å². The van der Waals surface area contributed by atoms with Gasteiger partial charge in [-0.25, -0.2) is 0 Å². The van der Waals surface area contributed by atoms with E-state index >= 15 is 0 Å². The Bertz CT molecular complexity index is 977. The summed E-state index contributed by atoms with van der Waals surface area (Å²) in [5.74, 6) is -0.0837. The molecule has 0 saturated carbocycles. The Balaban J connectivity index is 3.60. The highest BCUT2D eigenvalue weighted by molar-refractivity contribution is 5.76. The van der Waals surface area contributed by atoms with Gasteiger partial charge in [0.15, 0.2) is 0 Å². The molecule has 0 aliphatic rings. The number of aliphatic hydroxyl groups is 2. The van der Waals surface area contributed by atoms with Crippen LogP contribution in [0.25, 0.3) is 0 Å². The normalized spacial score (nSPS) is 13.6. The van der Waals surface area contributed by atoms with Crippen LogP contribution in [0.4, 0.5) is 0 Å². The highest BCUT2D eigenvalue weighted by Gasteiger charge is 2.17. The van der Waals surface area contributed by atoms with Gasteiger partial charge in [-0.3, -0.25) is 4.79 Å². The lowest BCUT2D eigenvalue weighted by molar-refractivity contribution is -0.123. The van der Waals surface area contributed by atoms with Gasteiger partial charge in [0.1, 0.15) is 0 Å². The molecule has 4 nitrogen and oxygen atoms in total. The van der Waals surface area contributed by atoms with Gasteiger partial charge in [-0.2, -0.15) is 0 Å². The van der Waals surface area contributed by atoms with Gasteiger partial charge < -0.3 is 15.5 Å². The third-order valence-electron chi connectivity index (χ3n) is 10.7. The van der Waals surface area contributed by atoms with Gasteiger partial charge in [0.05, 0.1) is 18.8 Å². The molecule has 0 aromatic carbocycles. The Hall–Kier alpha value is -2.17. The number of aliphatic hydroxyl groups excluding tert-OH is 2. The first-order chi connectivity index (χ1) is 27.7. The van der Waals surface area contributed by atoms with E-state index in [9.17, 15) is 15.0 Å². The fraction of sp³-hybridized carbons (Fsp3) is 0.750. The molecule has 1 amide bonds. The van der Waals surface area contributed by atoms with Crippen molar-refractivity contribution in [3.8, 4) is 0 Å². The van der Waals surface area contributed by atoms with Crippen molar-refractivity contribution in [2.24, 2.45) is 0 Å². The van der Waals surface area contributed by atoms with Crippen molar-refractivity contribution in [2.75, 3.05) is 6.61 Å². The number of hydrogen-bond donors (Lipinski definition) is 3. The zero-order valence-corrected chi connectivity index (χ0v) is 37.1. The molecule has 0 heterocycles. The first-order valence-electron chi connectivity index (χ1n) is 24.2. The SMILES string of the molecule is CC/C=C\C/C=C\C/C=C\C/C=C\C/C=C\CCCCCCCC(=O)NC(CO)C(O)/C=C/CCCCCCCCCCCCCCCCCCCCCCC. The Morgan fingerprint density at radius 3 is 1.18 bits per heavy atom. The molecular formula is C52H93NO3. The van der Waals surface area contributed by atoms with E-state index in [1.165, 1.54) is 141 Å². The van der Waals surface area contributed by atoms with Crippen LogP contribution in [0.15, 0.2) is 72.9 Å². The number of carbonyl (C=O) groups excluding carboxylic acids is 1. The molecule has 2 atom stereocenters. The Morgan fingerprint density at radius 1 is 0.446 bits per heavy atom.